The summed E-state index contributed by atoms with van der Waals surface area (Å²) in [6.45, 7) is 0.994. The molecule has 0 aromatic heterocycles. The predicted octanol–water partition coefficient (Wildman–Crippen LogP) is 3.55. The molecule has 0 bridgehead atoms. The second-order valence-corrected chi connectivity index (χ2v) is 6.38. The number of nitrogens with one attached hydrogen (secondary N) is 1. The van der Waals surface area contributed by atoms with Crippen LogP contribution in [-0.4, -0.2) is 43.9 Å². The molecule has 2 aromatic carbocycles. The number of amides is 1. The van der Waals surface area contributed by atoms with Gasteiger partial charge < -0.3 is 19.9 Å². The molecule has 0 fully saturated rings. The van der Waals surface area contributed by atoms with Crippen molar-refractivity contribution in [3.8, 4) is 5.75 Å². The number of benzene rings is 2. The smallest absolute Gasteiger partial charge is 0.303 e. The zero-order chi connectivity index (χ0) is 20.2. The molecule has 6 nitrogen and oxygen atoms in total. The molecule has 0 saturated heterocycles. The molecular formula is C22H27NO5. The Hall–Kier alpha value is -2.86. The maximum Gasteiger partial charge on any atom is 0.303 e. The first-order valence-corrected chi connectivity index (χ1v) is 9.40. The van der Waals surface area contributed by atoms with E-state index in [0.29, 0.717) is 38.0 Å². The number of hydrogen-bond donors (Lipinski definition) is 2. The molecule has 0 aliphatic rings. The lowest BCUT2D eigenvalue weighted by atomic mass is 10.1. The summed E-state index contributed by atoms with van der Waals surface area (Å²) in [5.74, 6) is -0.282. The van der Waals surface area contributed by atoms with Crippen LogP contribution in [-0.2, 0) is 14.3 Å². The molecule has 2 rings (SSSR count). The second kappa shape index (κ2) is 11.8. The molecular weight excluding hydrogens is 358 g/mol. The zero-order valence-corrected chi connectivity index (χ0v) is 16.1. The highest BCUT2D eigenvalue weighted by molar-refractivity contribution is 5.94. The molecule has 1 amide bonds. The predicted molar refractivity (Wildman–Crippen MR) is 109 cm³/mol. The van der Waals surface area contributed by atoms with Crippen LogP contribution in [0.1, 0.15) is 25.7 Å². The third kappa shape index (κ3) is 7.04. The minimum atomic E-state index is -0.805. The van der Waals surface area contributed by atoms with Crippen LogP contribution in [0.3, 0.4) is 0 Å². The Morgan fingerprint density at radius 1 is 1.11 bits per heavy atom. The molecule has 0 aliphatic carbocycles. The molecule has 0 spiro atoms. The number of carbonyl (C=O) groups excluding carboxylic acids is 1. The van der Waals surface area contributed by atoms with Gasteiger partial charge in [-0.15, -0.1) is 0 Å². The molecule has 28 heavy (non-hydrogen) atoms. The number of allylic oxidation sites excluding steroid dienone is 1. The summed E-state index contributed by atoms with van der Waals surface area (Å²) in [7, 11) is 1.58. The van der Waals surface area contributed by atoms with Crippen molar-refractivity contribution in [2.45, 2.75) is 25.7 Å². The van der Waals surface area contributed by atoms with Crippen molar-refractivity contribution in [2.24, 2.45) is 0 Å². The Morgan fingerprint density at radius 3 is 2.68 bits per heavy atom. The fraction of sp³-hybridized carbons (Fsp3) is 0.364. The van der Waals surface area contributed by atoms with Crippen molar-refractivity contribution in [3.05, 3.63) is 54.1 Å². The van der Waals surface area contributed by atoms with Crippen LogP contribution < -0.4 is 10.1 Å². The van der Waals surface area contributed by atoms with Crippen LogP contribution in [0.2, 0.25) is 0 Å². The number of methoxy groups -OCH3 is 1. The van der Waals surface area contributed by atoms with Crippen molar-refractivity contribution in [1.82, 2.24) is 5.32 Å². The Morgan fingerprint density at radius 2 is 1.89 bits per heavy atom. The van der Waals surface area contributed by atoms with Gasteiger partial charge in [0.1, 0.15) is 12.4 Å². The van der Waals surface area contributed by atoms with Gasteiger partial charge in [0.15, 0.2) is 0 Å². The molecule has 6 heteroatoms. The first-order chi connectivity index (χ1) is 13.6. The number of unbranched alkanes of at least 4 members (excludes halogenated alkanes) is 2. The molecule has 2 aromatic rings. The van der Waals surface area contributed by atoms with Gasteiger partial charge in [-0.3, -0.25) is 9.59 Å². The van der Waals surface area contributed by atoms with Gasteiger partial charge in [-0.1, -0.05) is 42.5 Å². The SMILES string of the molecule is COCCNC(=O)C(=CCCCCC(=O)O)COc1cccc2ccccc12. The van der Waals surface area contributed by atoms with E-state index in [2.05, 4.69) is 5.32 Å². The molecule has 0 unspecified atom stereocenters. The zero-order valence-electron chi connectivity index (χ0n) is 16.1. The van der Waals surface area contributed by atoms with E-state index in [1.54, 1.807) is 7.11 Å². The van der Waals surface area contributed by atoms with Gasteiger partial charge in [-0.2, -0.15) is 0 Å². The highest BCUT2D eigenvalue weighted by atomic mass is 16.5. The van der Waals surface area contributed by atoms with E-state index in [1.807, 2.05) is 48.5 Å². The van der Waals surface area contributed by atoms with E-state index in [-0.39, 0.29) is 18.9 Å². The molecule has 0 radical (unpaired) electrons. The van der Waals surface area contributed by atoms with Crippen LogP contribution in [0, 0.1) is 0 Å². The lowest BCUT2D eigenvalue weighted by Gasteiger charge is -2.12. The minimum absolute atomic E-state index is 0.135. The van der Waals surface area contributed by atoms with E-state index in [9.17, 15) is 9.59 Å². The largest absolute Gasteiger partial charge is 0.488 e. The maximum absolute atomic E-state index is 12.5. The number of ether oxygens (including phenoxy) is 2. The normalized spacial score (nSPS) is 11.4. The third-order valence-corrected chi connectivity index (χ3v) is 4.25. The summed E-state index contributed by atoms with van der Waals surface area (Å²) >= 11 is 0. The Labute approximate surface area is 165 Å². The summed E-state index contributed by atoms with van der Waals surface area (Å²) in [6, 6.07) is 13.7. The number of fused-ring (bicyclic) bond motifs is 1. The van der Waals surface area contributed by atoms with Gasteiger partial charge in [0.2, 0.25) is 5.91 Å². The number of carboxylic acid groups (broad SMARTS) is 1. The molecule has 2 N–H and O–H groups in total. The fourth-order valence-electron chi connectivity index (χ4n) is 2.77. The summed E-state index contributed by atoms with van der Waals surface area (Å²) < 4.78 is 10.9. The van der Waals surface area contributed by atoms with Crippen molar-refractivity contribution in [3.63, 3.8) is 0 Å². The van der Waals surface area contributed by atoms with E-state index in [4.69, 9.17) is 14.6 Å². The van der Waals surface area contributed by atoms with E-state index >= 15 is 0 Å². The van der Waals surface area contributed by atoms with Gasteiger partial charge in [-0.05, 0) is 30.7 Å². The van der Waals surface area contributed by atoms with Crippen LogP contribution in [0.15, 0.2) is 54.1 Å². The summed E-state index contributed by atoms with van der Waals surface area (Å²) in [5.41, 5.74) is 0.527. The first kappa shape index (κ1) is 21.4. The van der Waals surface area contributed by atoms with Gasteiger partial charge in [0, 0.05) is 25.5 Å². The number of carbonyl (C=O) groups is 2. The molecule has 0 saturated carbocycles. The van der Waals surface area contributed by atoms with E-state index < -0.39 is 5.97 Å². The monoisotopic (exact) mass is 385 g/mol. The summed E-state index contributed by atoms with van der Waals surface area (Å²) in [5, 5.41) is 13.6. The van der Waals surface area contributed by atoms with Crippen molar-refractivity contribution < 1.29 is 24.2 Å². The maximum atomic E-state index is 12.5. The van der Waals surface area contributed by atoms with Gasteiger partial charge in [0.25, 0.3) is 0 Å². The second-order valence-electron chi connectivity index (χ2n) is 6.38. The molecule has 0 aliphatic heterocycles. The summed E-state index contributed by atoms with van der Waals surface area (Å²) in [4.78, 5) is 23.1. The van der Waals surface area contributed by atoms with Gasteiger partial charge in [0.05, 0.1) is 12.2 Å². The minimum Gasteiger partial charge on any atom is -0.488 e. The topological polar surface area (TPSA) is 84.9 Å². The van der Waals surface area contributed by atoms with Crippen molar-refractivity contribution >= 4 is 22.6 Å². The first-order valence-electron chi connectivity index (χ1n) is 9.40. The Balaban J connectivity index is 2.02. The lowest BCUT2D eigenvalue weighted by molar-refractivity contribution is -0.137. The van der Waals surface area contributed by atoms with Crippen LogP contribution in [0.25, 0.3) is 10.8 Å². The van der Waals surface area contributed by atoms with Gasteiger partial charge >= 0.3 is 5.97 Å². The highest BCUT2D eigenvalue weighted by Crippen LogP contribution is 2.25. The third-order valence-electron chi connectivity index (χ3n) is 4.25. The number of hydrogen-bond acceptors (Lipinski definition) is 4. The number of carboxylic acids is 1. The van der Waals surface area contributed by atoms with E-state index in [1.165, 1.54) is 0 Å². The van der Waals surface area contributed by atoms with Crippen molar-refractivity contribution in [1.29, 1.82) is 0 Å². The average Bonchev–Trinajstić information content (AvgIpc) is 2.70. The highest BCUT2D eigenvalue weighted by Gasteiger charge is 2.11. The molecule has 0 atom stereocenters. The average molecular weight is 385 g/mol. The van der Waals surface area contributed by atoms with Crippen molar-refractivity contribution in [2.75, 3.05) is 26.9 Å². The number of aliphatic carboxylic acids is 1. The fourth-order valence-corrected chi connectivity index (χ4v) is 2.77. The molecule has 0 heterocycles. The Bertz CT molecular complexity index is 810. The standard InChI is InChI=1S/C22H27NO5/c1-27-15-14-23-22(26)18(9-3-2-4-13-21(24)25)16-28-20-12-7-10-17-8-5-6-11-19(17)20/h5-12H,2-4,13-16H2,1H3,(H,23,26)(H,24,25). The van der Waals surface area contributed by atoms with E-state index in [0.717, 1.165) is 16.5 Å². The van der Waals surface area contributed by atoms with Crippen LogP contribution in [0.5, 0.6) is 5.75 Å². The molecule has 150 valence electrons. The quantitative estimate of drug-likeness (QED) is 0.431. The van der Waals surface area contributed by atoms with Gasteiger partial charge in [-0.25, -0.2) is 0 Å². The van der Waals surface area contributed by atoms with Crippen LogP contribution in [0.4, 0.5) is 0 Å². The van der Waals surface area contributed by atoms with Crippen LogP contribution >= 0.6 is 0 Å². The lowest BCUT2D eigenvalue weighted by Crippen LogP contribution is -2.30. The summed E-state index contributed by atoms with van der Waals surface area (Å²) in [6.07, 6.45) is 3.87. The number of rotatable bonds is 12. The Kier molecular flexibility index (Phi) is 9.01.